The maximum absolute atomic E-state index is 4.78. The summed E-state index contributed by atoms with van der Waals surface area (Å²) in [5.41, 5.74) is 2.86. The molecule has 0 N–H and O–H groups in total. The van der Waals surface area contributed by atoms with Crippen LogP contribution in [0.3, 0.4) is 0 Å². The van der Waals surface area contributed by atoms with Gasteiger partial charge >= 0.3 is 21.1 Å². The first-order chi connectivity index (χ1) is 14.3. The molecule has 5 heterocycles. The fraction of sp³-hybridized carbons (Fsp3) is 0.333. The molecule has 0 aliphatic heterocycles. The molecule has 164 valence electrons. The molecule has 0 aliphatic rings. The number of fused-ring (bicyclic) bond motifs is 8. The molecule has 5 aromatic rings. The predicted octanol–water partition coefficient (Wildman–Crippen LogP) is 0.633. The van der Waals surface area contributed by atoms with Gasteiger partial charge in [0.1, 0.15) is 0 Å². The number of nitrogens with zero attached hydrogens (tertiary/aromatic N) is 12. The fourth-order valence-electron chi connectivity index (χ4n) is 3.44. The van der Waals surface area contributed by atoms with Gasteiger partial charge in [0.2, 0.25) is 0 Å². The summed E-state index contributed by atoms with van der Waals surface area (Å²) in [4.78, 5) is 27.8. The van der Waals surface area contributed by atoms with Crippen LogP contribution in [0.1, 0.15) is 0 Å². The van der Waals surface area contributed by atoms with E-state index in [1.165, 1.54) is 0 Å². The van der Waals surface area contributed by atoms with Gasteiger partial charge in [-0.25, -0.2) is 9.97 Å². The number of aryl methyl sites for hydroxylation is 6. The van der Waals surface area contributed by atoms with Crippen molar-refractivity contribution in [3.63, 3.8) is 0 Å². The van der Waals surface area contributed by atoms with Gasteiger partial charge in [-0.05, 0) is 33.5 Å². The van der Waals surface area contributed by atoms with Crippen molar-refractivity contribution in [2.75, 3.05) is 0 Å². The minimum Gasteiger partial charge on any atom is -0.378 e. The third-order valence-corrected chi connectivity index (χ3v) is 5.27. The molecule has 0 aromatic carbocycles. The zero-order valence-corrected chi connectivity index (χ0v) is 20.3. The van der Waals surface area contributed by atoms with Crippen LogP contribution in [-0.4, -0.2) is 47.3 Å². The molecule has 0 saturated heterocycles. The molecular formula is C18H22N12Pt. The molecular weight excluding hydrogens is 579 g/mol. The van der Waals surface area contributed by atoms with Crippen molar-refractivity contribution in [1.82, 2.24) is 57.3 Å². The number of hydrogen-bond donors (Lipinski definition) is 0. The summed E-state index contributed by atoms with van der Waals surface area (Å²) in [6, 6.07) is 0. The molecule has 0 unspecified atom stereocenters. The molecule has 12 nitrogen and oxygen atoms in total. The van der Waals surface area contributed by atoms with Crippen molar-refractivity contribution >= 4 is 45.7 Å². The van der Waals surface area contributed by atoms with E-state index in [0.29, 0.717) is 34.4 Å². The van der Waals surface area contributed by atoms with Gasteiger partial charge in [-0.15, -0.1) is 0 Å². The maximum Gasteiger partial charge on any atom is 2.00 e. The molecule has 0 atom stereocenters. The van der Waals surface area contributed by atoms with Crippen molar-refractivity contribution in [2.24, 2.45) is 42.3 Å². The van der Waals surface area contributed by atoms with E-state index < -0.39 is 0 Å². The van der Waals surface area contributed by atoms with E-state index in [2.05, 4.69) is 19.9 Å². The second kappa shape index (κ2) is 7.45. The smallest absolute Gasteiger partial charge is 0.378 e. The summed E-state index contributed by atoms with van der Waals surface area (Å²) in [6.45, 7) is 0. The summed E-state index contributed by atoms with van der Waals surface area (Å²) in [5.74, 6) is 2.52. The fourth-order valence-corrected chi connectivity index (χ4v) is 3.44. The van der Waals surface area contributed by atoms with Gasteiger partial charge in [0.25, 0.3) is 0 Å². The summed E-state index contributed by atoms with van der Waals surface area (Å²) in [5, 5.41) is 0. The first-order valence-electron chi connectivity index (χ1n) is 9.34. The van der Waals surface area contributed by atoms with Crippen LogP contribution in [0.25, 0.3) is 45.7 Å². The van der Waals surface area contributed by atoms with Crippen molar-refractivity contribution in [1.29, 1.82) is 0 Å². The predicted molar refractivity (Wildman–Crippen MR) is 112 cm³/mol. The van der Waals surface area contributed by atoms with Crippen LogP contribution in [-0.2, 0) is 63.4 Å². The molecule has 0 spiro atoms. The van der Waals surface area contributed by atoms with Crippen LogP contribution in [0.4, 0.5) is 0 Å². The Morgan fingerprint density at radius 1 is 0.613 bits per heavy atom. The first kappa shape index (κ1) is 21.0. The molecule has 0 fully saturated rings. The molecule has 5 aromatic heterocycles. The van der Waals surface area contributed by atoms with Crippen LogP contribution < -0.4 is 9.97 Å². The summed E-state index contributed by atoms with van der Waals surface area (Å²) in [7, 11) is 11.5. The van der Waals surface area contributed by atoms with E-state index >= 15 is 0 Å². The van der Waals surface area contributed by atoms with Crippen LogP contribution in [0.15, 0.2) is 24.8 Å². The van der Waals surface area contributed by atoms with Gasteiger partial charge in [0.05, 0.1) is 11.6 Å². The van der Waals surface area contributed by atoms with E-state index in [0.717, 1.165) is 11.3 Å². The SMILES string of the molecule is Cn1cc2nc1n(C)c1ncc([n-]1)n(C)c1cnc([n-]1)n(C)c1nc(cn1C)n2C.[Pt+2]. The van der Waals surface area contributed by atoms with Gasteiger partial charge in [0.15, 0.2) is 22.8 Å². The molecule has 13 heteroatoms. The Labute approximate surface area is 191 Å². The first-order valence-corrected chi connectivity index (χ1v) is 9.34. The molecule has 0 saturated carbocycles. The Balaban J connectivity index is 0.00000231. The molecule has 31 heavy (non-hydrogen) atoms. The van der Waals surface area contributed by atoms with Gasteiger partial charge in [0, 0.05) is 44.8 Å². The second-order valence-corrected chi connectivity index (χ2v) is 7.31. The standard InChI is InChI=1S/C18H22N12.Pt/c1-25-9-13-23-17(25)29(5)15-19-7-11(21-15)27(3)12-8-20-16(22-12)30(6)18-24-14(28(13)4)10-26(18)2;/h7-10H,1-6H3;/q-2;+2. The third kappa shape index (κ3) is 3.27. The minimum atomic E-state index is 0. The molecule has 0 radical (unpaired) electrons. The van der Waals surface area contributed by atoms with Gasteiger partial charge in [-0.2, -0.15) is 0 Å². The zero-order valence-electron chi connectivity index (χ0n) is 18.0. The van der Waals surface area contributed by atoms with Crippen molar-refractivity contribution in [2.45, 2.75) is 0 Å². The monoisotopic (exact) mass is 601 g/mol. The summed E-state index contributed by atoms with van der Waals surface area (Å²) >= 11 is 0. The number of imidazole rings is 4. The molecule has 5 rings (SSSR count). The molecule has 0 amide bonds. The number of hydrogen-bond acceptors (Lipinski definition) is 4. The van der Waals surface area contributed by atoms with Gasteiger partial charge < -0.3 is 47.3 Å². The topological polar surface area (TPSA) is 109 Å². The van der Waals surface area contributed by atoms with Gasteiger partial charge in [-0.1, -0.05) is 0 Å². The van der Waals surface area contributed by atoms with Crippen LogP contribution >= 0.6 is 0 Å². The Morgan fingerprint density at radius 2 is 1.03 bits per heavy atom. The Kier molecular flexibility index (Phi) is 5.04. The minimum absolute atomic E-state index is 0. The summed E-state index contributed by atoms with van der Waals surface area (Å²) in [6.07, 6.45) is 7.32. The average molecular weight is 602 g/mol. The van der Waals surface area contributed by atoms with Crippen LogP contribution in [0, 0.1) is 0 Å². The van der Waals surface area contributed by atoms with Gasteiger partial charge in [-0.3, -0.25) is 0 Å². The second-order valence-electron chi connectivity index (χ2n) is 7.31. The van der Waals surface area contributed by atoms with E-state index in [1.807, 2.05) is 82.1 Å². The molecule has 8 bridgehead atoms. The molecule has 0 aliphatic carbocycles. The largest absolute Gasteiger partial charge is 2.00 e. The Bertz CT molecular complexity index is 1450. The quantitative estimate of drug-likeness (QED) is 0.258. The van der Waals surface area contributed by atoms with E-state index in [-0.39, 0.29) is 21.1 Å². The summed E-state index contributed by atoms with van der Waals surface area (Å²) < 4.78 is 11.4. The Morgan fingerprint density at radius 3 is 1.45 bits per heavy atom. The van der Waals surface area contributed by atoms with E-state index in [4.69, 9.17) is 9.97 Å². The Hall–Kier alpha value is -3.27. The van der Waals surface area contributed by atoms with E-state index in [9.17, 15) is 0 Å². The van der Waals surface area contributed by atoms with Crippen LogP contribution in [0.2, 0.25) is 0 Å². The average Bonchev–Trinajstić information content (AvgIpc) is 3.50. The van der Waals surface area contributed by atoms with Crippen molar-refractivity contribution < 1.29 is 21.1 Å². The van der Waals surface area contributed by atoms with Crippen molar-refractivity contribution in [3.05, 3.63) is 24.8 Å². The number of rotatable bonds is 0. The third-order valence-electron chi connectivity index (χ3n) is 5.27. The number of aromatic nitrogens is 12. The van der Waals surface area contributed by atoms with E-state index in [1.54, 1.807) is 12.4 Å². The van der Waals surface area contributed by atoms with Crippen LogP contribution in [0.5, 0.6) is 0 Å². The zero-order chi connectivity index (χ0) is 21.2. The van der Waals surface area contributed by atoms with Crippen molar-refractivity contribution in [3.8, 4) is 0 Å². The maximum atomic E-state index is 4.78. The normalized spacial score (nSPS) is 11.3.